The fourth-order valence-corrected chi connectivity index (χ4v) is 2.58. The van der Waals surface area contributed by atoms with Gasteiger partial charge in [0, 0.05) is 25.4 Å². The summed E-state index contributed by atoms with van der Waals surface area (Å²) in [7, 11) is 1.40. The quantitative estimate of drug-likeness (QED) is 0.679. The summed E-state index contributed by atoms with van der Waals surface area (Å²) in [5.74, 6) is 0.654. The number of imidazole rings is 1. The van der Waals surface area contributed by atoms with Crippen molar-refractivity contribution in [3.63, 3.8) is 0 Å². The molecule has 1 aromatic heterocycles. The number of hydrogen-bond acceptors (Lipinski definition) is 3. The lowest BCUT2D eigenvalue weighted by atomic mass is 10.1. The minimum atomic E-state index is -0.315. The van der Waals surface area contributed by atoms with E-state index in [-0.39, 0.29) is 5.97 Å². The van der Waals surface area contributed by atoms with Crippen LogP contribution in [0.15, 0.2) is 67.0 Å². The largest absolute Gasteiger partial charge is 0.465 e. The lowest BCUT2D eigenvalue weighted by molar-refractivity contribution is 0.0599. The van der Waals surface area contributed by atoms with E-state index in [4.69, 9.17) is 4.74 Å². The molecule has 0 aliphatic carbocycles. The van der Waals surface area contributed by atoms with E-state index >= 15 is 0 Å². The monoisotopic (exact) mass is 306 g/mol. The van der Waals surface area contributed by atoms with Gasteiger partial charge in [0.1, 0.15) is 5.82 Å². The summed E-state index contributed by atoms with van der Waals surface area (Å²) in [5.41, 5.74) is 2.72. The number of methoxy groups -OCH3 is 1. The molecule has 1 heterocycles. The van der Waals surface area contributed by atoms with E-state index in [2.05, 4.69) is 21.7 Å². The van der Waals surface area contributed by atoms with E-state index in [1.54, 1.807) is 12.3 Å². The molecule has 0 atom stereocenters. The van der Waals surface area contributed by atoms with Crippen molar-refractivity contribution in [2.24, 2.45) is 0 Å². The number of esters is 1. The first-order chi connectivity index (χ1) is 11.3. The van der Waals surface area contributed by atoms with Crippen LogP contribution < -0.4 is 0 Å². The number of nitrogens with zero attached hydrogens (tertiary/aromatic N) is 2. The van der Waals surface area contributed by atoms with Crippen LogP contribution in [0.5, 0.6) is 0 Å². The molecule has 0 spiro atoms. The van der Waals surface area contributed by atoms with Crippen LogP contribution in [0.4, 0.5) is 0 Å². The molecule has 0 bridgehead atoms. The van der Waals surface area contributed by atoms with Crippen molar-refractivity contribution in [1.29, 1.82) is 0 Å². The van der Waals surface area contributed by atoms with Gasteiger partial charge in [0.2, 0.25) is 0 Å². The van der Waals surface area contributed by atoms with Crippen molar-refractivity contribution in [2.45, 2.75) is 13.0 Å². The zero-order valence-electron chi connectivity index (χ0n) is 13.0. The van der Waals surface area contributed by atoms with Crippen LogP contribution in [0.2, 0.25) is 0 Å². The summed E-state index contributed by atoms with van der Waals surface area (Å²) in [5, 5.41) is 0. The minimum absolute atomic E-state index is 0.315. The Kier molecular flexibility index (Phi) is 4.52. The SMILES string of the molecule is COC(=O)c1ccccc1Cn1ccnc1Cc1ccccc1. The maximum absolute atomic E-state index is 11.9. The smallest absolute Gasteiger partial charge is 0.338 e. The van der Waals surface area contributed by atoms with Gasteiger partial charge in [-0.1, -0.05) is 48.5 Å². The van der Waals surface area contributed by atoms with Crippen molar-refractivity contribution >= 4 is 5.97 Å². The summed E-state index contributed by atoms with van der Waals surface area (Å²) in [4.78, 5) is 16.3. The second-order valence-electron chi connectivity index (χ2n) is 5.28. The molecule has 0 aliphatic heterocycles. The van der Waals surface area contributed by atoms with E-state index in [9.17, 15) is 4.79 Å². The summed E-state index contributed by atoms with van der Waals surface area (Å²) in [6.45, 7) is 0.591. The van der Waals surface area contributed by atoms with Crippen molar-refractivity contribution in [1.82, 2.24) is 9.55 Å². The Labute approximate surface area is 135 Å². The molecule has 4 heteroatoms. The first-order valence-electron chi connectivity index (χ1n) is 7.48. The number of benzene rings is 2. The van der Waals surface area contributed by atoms with Crippen LogP contribution in [0.25, 0.3) is 0 Å². The highest BCUT2D eigenvalue weighted by Crippen LogP contribution is 2.15. The zero-order chi connectivity index (χ0) is 16.1. The second-order valence-corrected chi connectivity index (χ2v) is 5.28. The fraction of sp³-hybridized carbons (Fsp3) is 0.158. The minimum Gasteiger partial charge on any atom is -0.465 e. The highest BCUT2D eigenvalue weighted by molar-refractivity contribution is 5.90. The molecule has 0 N–H and O–H groups in total. The summed E-state index contributed by atoms with van der Waals surface area (Å²) >= 11 is 0. The van der Waals surface area contributed by atoms with Gasteiger partial charge < -0.3 is 9.30 Å². The molecule has 2 aromatic carbocycles. The first-order valence-corrected chi connectivity index (χ1v) is 7.48. The standard InChI is InChI=1S/C19H18N2O2/c1-23-19(22)17-10-6-5-9-16(17)14-21-12-11-20-18(21)13-15-7-3-2-4-8-15/h2-12H,13-14H2,1H3. The molecular formula is C19H18N2O2. The van der Waals surface area contributed by atoms with Gasteiger partial charge in [0.25, 0.3) is 0 Å². The van der Waals surface area contributed by atoms with Crippen LogP contribution in [0, 0.1) is 0 Å². The molecule has 0 fully saturated rings. The Morgan fingerprint density at radius 2 is 1.83 bits per heavy atom. The van der Waals surface area contributed by atoms with E-state index in [1.807, 2.05) is 42.6 Å². The van der Waals surface area contributed by atoms with Gasteiger partial charge in [-0.3, -0.25) is 0 Å². The van der Waals surface area contributed by atoms with Gasteiger partial charge in [0.05, 0.1) is 12.7 Å². The average molecular weight is 306 g/mol. The van der Waals surface area contributed by atoms with Gasteiger partial charge in [0.15, 0.2) is 0 Å². The molecule has 0 unspecified atom stereocenters. The van der Waals surface area contributed by atoms with Crippen molar-refractivity contribution in [3.05, 3.63) is 89.5 Å². The normalized spacial score (nSPS) is 10.5. The number of rotatable bonds is 5. The summed E-state index contributed by atoms with van der Waals surface area (Å²) in [6, 6.07) is 17.7. The topological polar surface area (TPSA) is 44.1 Å². The molecule has 3 rings (SSSR count). The van der Waals surface area contributed by atoms with Crippen molar-refractivity contribution in [3.8, 4) is 0 Å². The number of aromatic nitrogens is 2. The molecule has 3 aromatic rings. The molecule has 0 radical (unpaired) electrons. The van der Waals surface area contributed by atoms with Crippen LogP contribution in [0.1, 0.15) is 27.3 Å². The Balaban J connectivity index is 1.85. The zero-order valence-corrected chi connectivity index (χ0v) is 13.0. The summed E-state index contributed by atoms with van der Waals surface area (Å²) < 4.78 is 6.92. The van der Waals surface area contributed by atoms with E-state index in [0.29, 0.717) is 12.1 Å². The van der Waals surface area contributed by atoms with Gasteiger partial charge in [-0.2, -0.15) is 0 Å². The molecule has 0 amide bonds. The molecule has 0 aliphatic rings. The molecule has 116 valence electrons. The number of carbonyl (C=O) groups excluding carboxylic acids is 1. The third-order valence-electron chi connectivity index (χ3n) is 3.77. The predicted octanol–water partition coefficient (Wildman–Crippen LogP) is 3.31. The van der Waals surface area contributed by atoms with E-state index in [0.717, 1.165) is 17.8 Å². The lowest BCUT2D eigenvalue weighted by Crippen LogP contribution is -2.10. The maximum Gasteiger partial charge on any atom is 0.338 e. The Hall–Kier alpha value is -2.88. The first kappa shape index (κ1) is 15.0. The third-order valence-corrected chi connectivity index (χ3v) is 3.77. The van der Waals surface area contributed by atoms with Gasteiger partial charge in [-0.25, -0.2) is 9.78 Å². The van der Waals surface area contributed by atoms with Gasteiger partial charge in [-0.05, 0) is 17.2 Å². The fourth-order valence-electron chi connectivity index (χ4n) is 2.58. The van der Waals surface area contributed by atoms with E-state index < -0.39 is 0 Å². The molecule has 23 heavy (non-hydrogen) atoms. The Bertz CT molecular complexity index is 794. The maximum atomic E-state index is 11.9. The van der Waals surface area contributed by atoms with Crippen molar-refractivity contribution < 1.29 is 9.53 Å². The molecule has 4 nitrogen and oxygen atoms in total. The van der Waals surface area contributed by atoms with Gasteiger partial charge in [-0.15, -0.1) is 0 Å². The Morgan fingerprint density at radius 3 is 2.61 bits per heavy atom. The Morgan fingerprint density at radius 1 is 1.09 bits per heavy atom. The average Bonchev–Trinajstić information content (AvgIpc) is 3.02. The molecular weight excluding hydrogens is 288 g/mol. The highest BCUT2D eigenvalue weighted by atomic mass is 16.5. The molecule has 0 saturated heterocycles. The highest BCUT2D eigenvalue weighted by Gasteiger charge is 2.12. The predicted molar refractivity (Wildman–Crippen MR) is 88.4 cm³/mol. The second kappa shape index (κ2) is 6.92. The van der Waals surface area contributed by atoms with Crippen LogP contribution in [-0.2, 0) is 17.7 Å². The lowest BCUT2D eigenvalue weighted by Gasteiger charge is -2.11. The van der Waals surface area contributed by atoms with Crippen LogP contribution >= 0.6 is 0 Å². The number of carbonyl (C=O) groups is 1. The van der Waals surface area contributed by atoms with E-state index in [1.165, 1.54) is 12.7 Å². The van der Waals surface area contributed by atoms with Crippen LogP contribution in [0.3, 0.4) is 0 Å². The van der Waals surface area contributed by atoms with Crippen molar-refractivity contribution in [2.75, 3.05) is 7.11 Å². The summed E-state index contributed by atoms with van der Waals surface area (Å²) in [6.07, 6.45) is 4.49. The number of ether oxygens (including phenoxy) is 1. The molecule has 0 saturated carbocycles. The number of hydrogen-bond donors (Lipinski definition) is 0. The third kappa shape index (κ3) is 3.48. The van der Waals surface area contributed by atoms with Crippen LogP contribution in [-0.4, -0.2) is 22.6 Å². The van der Waals surface area contributed by atoms with Gasteiger partial charge >= 0.3 is 5.97 Å².